The van der Waals surface area contributed by atoms with E-state index in [0.29, 0.717) is 5.56 Å². The number of nitriles is 1. The maximum atomic E-state index is 13.3. The Morgan fingerprint density at radius 2 is 2.12 bits per heavy atom. The standard InChI is InChI=1S/C10H11FN2O2S/c1-7-4-3-5-9(11)10(7)13-16(14,15)8(2)6-12/h3-5,8,13H,1-2H3. The summed E-state index contributed by atoms with van der Waals surface area (Å²) in [6, 6.07) is 5.81. The van der Waals surface area contributed by atoms with E-state index in [0.717, 1.165) is 6.07 Å². The number of hydrogen-bond acceptors (Lipinski definition) is 3. The van der Waals surface area contributed by atoms with Crippen molar-refractivity contribution < 1.29 is 12.8 Å². The van der Waals surface area contributed by atoms with Crippen LogP contribution in [0.25, 0.3) is 0 Å². The van der Waals surface area contributed by atoms with E-state index in [-0.39, 0.29) is 5.69 Å². The molecule has 0 aliphatic heterocycles. The molecule has 1 unspecified atom stereocenters. The average Bonchev–Trinajstić information content (AvgIpc) is 2.22. The van der Waals surface area contributed by atoms with Crippen LogP contribution in [0.2, 0.25) is 0 Å². The normalized spacial score (nSPS) is 12.9. The van der Waals surface area contributed by atoms with Crippen molar-refractivity contribution in [2.75, 3.05) is 4.72 Å². The third kappa shape index (κ3) is 2.49. The summed E-state index contributed by atoms with van der Waals surface area (Å²) in [5.41, 5.74) is 0.360. The van der Waals surface area contributed by atoms with Crippen LogP contribution in [-0.4, -0.2) is 13.7 Å². The maximum absolute atomic E-state index is 13.3. The van der Waals surface area contributed by atoms with E-state index in [2.05, 4.69) is 4.72 Å². The predicted molar refractivity (Wildman–Crippen MR) is 58.8 cm³/mol. The number of anilines is 1. The first-order valence-corrected chi connectivity index (χ1v) is 6.09. The maximum Gasteiger partial charge on any atom is 0.248 e. The lowest BCUT2D eigenvalue weighted by atomic mass is 10.2. The molecule has 0 spiro atoms. The first kappa shape index (κ1) is 12.5. The van der Waals surface area contributed by atoms with Gasteiger partial charge < -0.3 is 0 Å². The number of nitrogens with zero attached hydrogens (tertiary/aromatic N) is 1. The van der Waals surface area contributed by atoms with Crippen LogP contribution in [0, 0.1) is 24.1 Å². The van der Waals surface area contributed by atoms with Crippen LogP contribution < -0.4 is 4.72 Å². The SMILES string of the molecule is Cc1cccc(F)c1NS(=O)(=O)C(C)C#N. The lowest BCUT2D eigenvalue weighted by Gasteiger charge is -2.12. The molecule has 1 aromatic carbocycles. The van der Waals surface area contributed by atoms with Crippen molar-refractivity contribution in [2.24, 2.45) is 0 Å². The Balaban J connectivity index is 3.12. The number of hydrogen-bond donors (Lipinski definition) is 1. The van der Waals surface area contributed by atoms with E-state index in [4.69, 9.17) is 5.26 Å². The third-order valence-electron chi connectivity index (χ3n) is 2.11. The molecule has 1 N–H and O–H groups in total. The summed E-state index contributed by atoms with van der Waals surface area (Å²) in [4.78, 5) is 0. The van der Waals surface area contributed by atoms with E-state index >= 15 is 0 Å². The summed E-state index contributed by atoms with van der Waals surface area (Å²) in [5, 5.41) is 7.29. The molecule has 0 radical (unpaired) electrons. The van der Waals surface area contributed by atoms with Gasteiger partial charge in [0.15, 0.2) is 5.25 Å². The molecule has 0 bridgehead atoms. The summed E-state index contributed by atoms with van der Waals surface area (Å²) in [6.07, 6.45) is 0. The fraction of sp³-hybridized carbons (Fsp3) is 0.300. The first-order valence-electron chi connectivity index (χ1n) is 4.55. The molecule has 1 rings (SSSR count). The Bertz CT molecular complexity index is 514. The molecule has 1 aromatic rings. The van der Waals surface area contributed by atoms with Crippen LogP contribution in [0.1, 0.15) is 12.5 Å². The van der Waals surface area contributed by atoms with Crippen molar-refractivity contribution in [1.82, 2.24) is 0 Å². The van der Waals surface area contributed by atoms with Gasteiger partial charge in [0, 0.05) is 0 Å². The molecule has 0 fully saturated rings. The molecule has 0 aliphatic rings. The van der Waals surface area contributed by atoms with Crippen LogP contribution in [0.5, 0.6) is 0 Å². The van der Waals surface area contributed by atoms with Crippen LogP contribution in [0.15, 0.2) is 18.2 Å². The molecule has 0 heterocycles. The van der Waals surface area contributed by atoms with Gasteiger partial charge in [-0.05, 0) is 25.5 Å². The number of halogens is 1. The number of para-hydroxylation sites is 1. The molecule has 0 amide bonds. The summed E-state index contributed by atoms with van der Waals surface area (Å²) >= 11 is 0. The Morgan fingerprint density at radius 1 is 1.50 bits per heavy atom. The lowest BCUT2D eigenvalue weighted by Crippen LogP contribution is -2.24. The van der Waals surface area contributed by atoms with Gasteiger partial charge in [0.2, 0.25) is 10.0 Å². The molecule has 1 atom stereocenters. The molecule has 0 saturated carbocycles. The van der Waals surface area contributed by atoms with Gasteiger partial charge in [0.25, 0.3) is 0 Å². The second-order valence-electron chi connectivity index (χ2n) is 3.35. The monoisotopic (exact) mass is 242 g/mol. The van der Waals surface area contributed by atoms with Crippen molar-refractivity contribution in [3.63, 3.8) is 0 Å². The second-order valence-corrected chi connectivity index (χ2v) is 5.35. The molecule has 6 heteroatoms. The van der Waals surface area contributed by atoms with Crippen molar-refractivity contribution in [3.8, 4) is 6.07 Å². The molecule has 16 heavy (non-hydrogen) atoms. The summed E-state index contributed by atoms with van der Waals surface area (Å²) in [7, 11) is -3.86. The lowest BCUT2D eigenvalue weighted by molar-refractivity contribution is 0.594. The minimum atomic E-state index is -3.86. The van der Waals surface area contributed by atoms with Crippen LogP contribution >= 0.6 is 0 Å². The number of benzene rings is 1. The Hall–Kier alpha value is -1.61. The van der Waals surface area contributed by atoms with E-state index in [1.807, 2.05) is 0 Å². The molecule has 0 aromatic heterocycles. The highest BCUT2D eigenvalue weighted by Crippen LogP contribution is 2.20. The highest BCUT2D eigenvalue weighted by Gasteiger charge is 2.22. The van der Waals surface area contributed by atoms with Gasteiger partial charge in [-0.1, -0.05) is 12.1 Å². The van der Waals surface area contributed by atoms with Crippen LogP contribution in [0.3, 0.4) is 0 Å². The molecule has 86 valence electrons. The van der Waals surface area contributed by atoms with Gasteiger partial charge in [-0.2, -0.15) is 5.26 Å². The van der Waals surface area contributed by atoms with Gasteiger partial charge in [0.05, 0.1) is 11.8 Å². The van der Waals surface area contributed by atoms with E-state index < -0.39 is 21.1 Å². The Morgan fingerprint density at radius 3 is 2.62 bits per heavy atom. The predicted octanol–water partition coefficient (Wildman–Crippen LogP) is 1.79. The van der Waals surface area contributed by atoms with Crippen molar-refractivity contribution in [3.05, 3.63) is 29.6 Å². The number of aryl methyl sites for hydroxylation is 1. The van der Waals surface area contributed by atoms with Crippen molar-refractivity contribution in [1.29, 1.82) is 5.26 Å². The molecular weight excluding hydrogens is 231 g/mol. The van der Waals surface area contributed by atoms with E-state index in [1.165, 1.54) is 13.0 Å². The molecule has 4 nitrogen and oxygen atoms in total. The number of sulfonamides is 1. The van der Waals surface area contributed by atoms with Gasteiger partial charge in [-0.25, -0.2) is 12.8 Å². The highest BCUT2D eigenvalue weighted by molar-refractivity contribution is 7.93. The van der Waals surface area contributed by atoms with Gasteiger partial charge in [0.1, 0.15) is 5.82 Å². The zero-order valence-electron chi connectivity index (χ0n) is 8.86. The van der Waals surface area contributed by atoms with Gasteiger partial charge >= 0.3 is 0 Å². The van der Waals surface area contributed by atoms with Gasteiger partial charge in [-0.15, -0.1) is 0 Å². The topological polar surface area (TPSA) is 70.0 Å². The zero-order chi connectivity index (χ0) is 12.3. The van der Waals surface area contributed by atoms with Crippen molar-refractivity contribution in [2.45, 2.75) is 19.1 Å². The minimum absolute atomic E-state index is 0.107. The molecule has 0 aliphatic carbocycles. The Kier molecular flexibility index (Phi) is 3.50. The number of rotatable bonds is 3. The average molecular weight is 242 g/mol. The van der Waals surface area contributed by atoms with Crippen LogP contribution in [0.4, 0.5) is 10.1 Å². The quantitative estimate of drug-likeness (QED) is 0.878. The summed E-state index contributed by atoms with van der Waals surface area (Å²) < 4.78 is 38.5. The van der Waals surface area contributed by atoms with Gasteiger partial charge in [-0.3, -0.25) is 4.72 Å². The second kappa shape index (κ2) is 4.49. The fourth-order valence-corrected chi connectivity index (χ4v) is 1.92. The third-order valence-corrected chi connectivity index (χ3v) is 3.64. The molecular formula is C10H11FN2O2S. The highest BCUT2D eigenvalue weighted by atomic mass is 32.2. The minimum Gasteiger partial charge on any atom is -0.279 e. The smallest absolute Gasteiger partial charge is 0.248 e. The van der Waals surface area contributed by atoms with E-state index in [1.54, 1.807) is 19.1 Å². The summed E-state index contributed by atoms with van der Waals surface area (Å²) in [5.74, 6) is -0.659. The Labute approximate surface area is 93.8 Å². The van der Waals surface area contributed by atoms with Crippen molar-refractivity contribution >= 4 is 15.7 Å². The fourth-order valence-electron chi connectivity index (χ4n) is 1.06. The largest absolute Gasteiger partial charge is 0.279 e. The summed E-state index contributed by atoms with van der Waals surface area (Å²) in [6.45, 7) is 2.82. The molecule has 0 saturated heterocycles. The van der Waals surface area contributed by atoms with E-state index in [9.17, 15) is 12.8 Å². The first-order chi connectivity index (χ1) is 7.38. The number of nitrogens with one attached hydrogen (secondary N) is 1. The van der Waals surface area contributed by atoms with Crippen LogP contribution in [-0.2, 0) is 10.0 Å². The zero-order valence-corrected chi connectivity index (χ0v) is 9.68.